The molecule has 7 nitrogen and oxygen atoms in total. The molecule has 214 valence electrons. The third-order valence-corrected chi connectivity index (χ3v) is 10.1. The topological polar surface area (TPSA) is 86.8 Å². The summed E-state index contributed by atoms with van der Waals surface area (Å²) in [7, 11) is -3.23. The van der Waals surface area contributed by atoms with Gasteiger partial charge in [-0.25, -0.2) is 8.42 Å². The summed E-state index contributed by atoms with van der Waals surface area (Å²) in [6, 6.07) is 20.6. The molecule has 2 saturated heterocycles. The molecule has 3 heterocycles. The zero-order valence-electron chi connectivity index (χ0n) is 22.6. The SMILES string of the molecule is CS(=O)(=O)c1ccc(CN2CCC3(CCN(CC[C@H](NC(=O)c4cccs4)c4ccccc4)CC3)C2=O)cc1.Cl. The number of carbonyl (C=O) groups excluding carboxylic acids is 2. The monoisotopic (exact) mass is 601 g/mol. The van der Waals surface area contributed by atoms with Crippen molar-refractivity contribution in [2.45, 2.75) is 43.2 Å². The average Bonchev–Trinajstić information content (AvgIpc) is 3.58. The van der Waals surface area contributed by atoms with E-state index < -0.39 is 9.84 Å². The number of piperidine rings is 1. The lowest BCUT2D eigenvalue weighted by molar-refractivity contribution is -0.138. The Morgan fingerprint density at radius 1 is 0.975 bits per heavy atom. The number of amides is 2. The predicted molar refractivity (Wildman–Crippen MR) is 161 cm³/mol. The van der Waals surface area contributed by atoms with Gasteiger partial charge in [-0.2, -0.15) is 0 Å². The maximum atomic E-state index is 13.5. The van der Waals surface area contributed by atoms with Crippen LogP contribution in [0.2, 0.25) is 0 Å². The smallest absolute Gasteiger partial charge is 0.261 e. The number of carbonyl (C=O) groups is 2. The van der Waals surface area contributed by atoms with E-state index in [2.05, 4.69) is 22.3 Å². The zero-order valence-corrected chi connectivity index (χ0v) is 25.1. The highest BCUT2D eigenvalue weighted by molar-refractivity contribution is 7.90. The summed E-state index contributed by atoms with van der Waals surface area (Å²) >= 11 is 1.44. The Kier molecular flexibility index (Phi) is 9.72. The molecule has 0 bridgehead atoms. The summed E-state index contributed by atoms with van der Waals surface area (Å²) in [5.41, 5.74) is 1.75. The first-order valence-electron chi connectivity index (χ1n) is 13.4. The highest BCUT2D eigenvalue weighted by Crippen LogP contribution is 2.42. The number of thiophene rings is 1. The Balaban J connectivity index is 0.00000370. The minimum absolute atomic E-state index is 0. The van der Waals surface area contributed by atoms with Gasteiger partial charge in [0.25, 0.3) is 5.91 Å². The van der Waals surface area contributed by atoms with Crippen LogP contribution in [0, 0.1) is 5.41 Å². The van der Waals surface area contributed by atoms with Crippen molar-refractivity contribution >= 4 is 45.4 Å². The molecular formula is C30H36ClN3O4S2. The second-order valence-electron chi connectivity index (χ2n) is 10.7. The molecule has 3 aromatic rings. The molecule has 2 aliphatic heterocycles. The van der Waals surface area contributed by atoms with Gasteiger partial charge >= 0.3 is 0 Å². The summed E-state index contributed by atoms with van der Waals surface area (Å²) in [6.45, 7) is 3.82. The van der Waals surface area contributed by atoms with Crippen molar-refractivity contribution in [1.82, 2.24) is 15.1 Å². The molecule has 1 aromatic heterocycles. The molecule has 0 saturated carbocycles. The van der Waals surface area contributed by atoms with Crippen molar-refractivity contribution in [2.24, 2.45) is 5.41 Å². The Morgan fingerprint density at radius 3 is 2.27 bits per heavy atom. The van der Waals surface area contributed by atoms with E-state index in [1.54, 1.807) is 24.3 Å². The van der Waals surface area contributed by atoms with Gasteiger partial charge in [0.2, 0.25) is 5.91 Å². The fourth-order valence-electron chi connectivity index (χ4n) is 5.73. The third kappa shape index (κ3) is 6.94. The number of sulfone groups is 1. The number of hydrogen-bond donors (Lipinski definition) is 1. The van der Waals surface area contributed by atoms with Crippen molar-refractivity contribution in [3.05, 3.63) is 88.1 Å². The first kappa shape index (κ1) is 30.2. The standard InChI is InChI=1S/C30H35N3O4S2.ClH/c1-39(36,37)25-11-9-23(10-12-25)22-33-20-16-30(29(33)35)14-18-32(19-15-30)17-13-26(24-6-3-2-4-7-24)31-28(34)27-8-5-21-38-27;/h2-12,21,26H,13-20,22H2,1H3,(H,31,34);1H/t26-;/m0./s1. The summed E-state index contributed by atoms with van der Waals surface area (Å²) < 4.78 is 23.5. The highest BCUT2D eigenvalue weighted by atomic mass is 35.5. The van der Waals surface area contributed by atoms with Crippen LogP contribution in [0.5, 0.6) is 0 Å². The number of halogens is 1. The Labute approximate surface area is 246 Å². The van der Waals surface area contributed by atoms with E-state index in [1.165, 1.54) is 17.6 Å². The molecule has 1 spiro atoms. The molecule has 0 radical (unpaired) electrons. The molecule has 10 heteroatoms. The fraction of sp³-hybridized carbons (Fsp3) is 0.400. The zero-order chi connectivity index (χ0) is 27.5. The predicted octanol–water partition coefficient (Wildman–Crippen LogP) is 4.95. The molecule has 1 atom stereocenters. The van der Waals surface area contributed by atoms with E-state index in [9.17, 15) is 18.0 Å². The molecule has 0 aliphatic carbocycles. The van der Waals surface area contributed by atoms with Crippen LogP contribution in [0.4, 0.5) is 0 Å². The molecule has 2 amide bonds. The van der Waals surface area contributed by atoms with Crippen molar-refractivity contribution in [3.63, 3.8) is 0 Å². The lowest BCUT2D eigenvalue weighted by Gasteiger charge is -2.38. The van der Waals surface area contributed by atoms with Gasteiger partial charge in [0, 0.05) is 25.9 Å². The lowest BCUT2D eigenvalue weighted by atomic mass is 9.77. The fourth-order valence-corrected chi connectivity index (χ4v) is 6.99. The first-order chi connectivity index (χ1) is 18.7. The van der Waals surface area contributed by atoms with Crippen LogP contribution in [0.25, 0.3) is 0 Å². The second-order valence-corrected chi connectivity index (χ2v) is 13.7. The van der Waals surface area contributed by atoms with Gasteiger partial charge < -0.3 is 15.1 Å². The van der Waals surface area contributed by atoms with E-state index in [-0.39, 0.29) is 35.7 Å². The van der Waals surface area contributed by atoms with Gasteiger partial charge in [-0.1, -0.05) is 48.5 Å². The van der Waals surface area contributed by atoms with Crippen molar-refractivity contribution in [2.75, 3.05) is 32.4 Å². The van der Waals surface area contributed by atoms with E-state index in [0.717, 1.165) is 63.0 Å². The van der Waals surface area contributed by atoms with E-state index >= 15 is 0 Å². The molecule has 1 N–H and O–H groups in total. The van der Waals surface area contributed by atoms with E-state index in [1.807, 2.05) is 40.6 Å². The molecule has 40 heavy (non-hydrogen) atoms. The molecule has 2 aliphatic rings. The van der Waals surface area contributed by atoms with Gasteiger partial charge in [-0.05, 0) is 73.5 Å². The number of benzene rings is 2. The third-order valence-electron chi connectivity index (χ3n) is 8.13. The molecule has 5 rings (SSSR count). The normalized spacial score (nSPS) is 17.9. The van der Waals surface area contributed by atoms with Gasteiger partial charge in [0.05, 0.1) is 21.2 Å². The maximum absolute atomic E-state index is 13.5. The van der Waals surface area contributed by atoms with Gasteiger partial charge in [-0.15, -0.1) is 23.7 Å². The molecule has 0 unspecified atom stereocenters. The van der Waals surface area contributed by atoms with Crippen LogP contribution in [0.15, 0.2) is 77.0 Å². The average molecular weight is 602 g/mol. The second kappa shape index (κ2) is 12.9. The lowest BCUT2D eigenvalue weighted by Crippen LogP contribution is -2.45. The van der Waals surface area contributed by atoms with Crippen molar-refractivity contribution in [1.29, 1.82) is 0 Å². The number of nitrogens with one attached hydrogen (secondary N) is 1. The van der Waals surface area contributed by atoms with Crippen molar-refractivity contribution in [3.8, 4) is 0 Å². The highest BCUT2D eigenvalue weighted by Gasteiger charge is 2.47. The number of rotatable bonds is 9. The molecule has 2 fully saturated rings. The Hall–Kier alpha value is -2.72. The summed E-state index contributed by atoms with van der Waals surface area (Å²) in [5, 5.41) is 5.13. The van der Waals surface area contributed by atoms with Crippen LogP contribution >= 0.6 is 23.7 Å². The largest absolute Gasteiger partial charge is 0.344 e. The van der Waals surface area contributed by atoms with Crippen LogP contribution in [0.1, 0.15) is 52.5 Å². The summed E-state index contributed by atoms with van der Waals surface area (Å²) in [6.07, 6.45) is 4.55. The Bertz CT molecular complexity index is 1390. The van der Waals surface area contributed by atoms with Crippen LogP contribution < -0.4 is 5.32 Å². The first-order valence-corrected chi connectivity index (χ1v) is 16.2. The van der Waals surface area contributed by atoms with Crippen LogP contribution in [-0.2, 0) is 21.2 Å². The summed E-state index contributed by atoms with van der Waals surface area (Å²) in [5.74, 6) is 0.179. The van der Waals surface area contributed by atoms with Gasteiger partial charge in [0.1, 0.15) is 0 Å². The van der Waals surface area contributed by atoms with Crippen LogP contribution in [0.3, 0.4) is 0 Å². The molecular weight excluding hydrogens is 566 g/mol. The number of likely N-dealkylation sites (tertiary alicyclic amines) is 2. The minimum Gasteiger partial charge on any atom is -0.344 e. The maximum Gasteiger partial charge on any atom is 0.261 e. The van der Waals surface area contributed by atoms with Crippen molar-refractivity contribution < 1.29 is 18.0 Å². The summed E-state index contributed by atoms with van der Waals surface area (Å²) in [4.78, 5) is 31.6. The number of hydrogen-bond acceptors (Lipinski definition) is 6. The van der Waals surface area contributed by atoms with E-state index in [4.69, 9.17) is 0 Å². The molecule has 2 aromatic carbocycles. The van der Waals surface area contributed by atoms with E-state index in [0.29, 0.717) is 16.3 Å². The number of nitrogens with zero attached hydrogens (tertiary/aromatic N) is 2. The Morgan fingerprint density at radius 2 is 1.65 bits per heavy atom. The van der Waals surface area contributed by atoms with Crippen LogP contribution in [-0.4, -0.2) is 62.5 Å². The minimum atomic E-state index is -3.23. The van der Waals surface area contributed by atoms with Gasteiger partial charge in [-0.3, -0.25) is 9.59 Å². The van der Waals surface area contributed by atoms with Gasteiger partial charge in [0.15, 0.2) is 9.84 Å². The quantitative estimate of drug-likeness (QED) is 0.375.